The Hall–Kier alpha value is -2.49. The molecule has 0 aliphatic carbocycles. The van der Waals surface area contributed by atoms with Crippen LogP contribution in [-0.2, 0) is 6.54 Å². The van der Waals surface area contributed by atoms with Crippen molar-refractivity contribution in [3.8, 4) is 5.75 Å². The van der Waals surface area contributed by atoms with Gasteiger partial charge in [0.1, 0.15) is 11.9 Å². The predicted octanol–water partition coefficient (Wildman–Crippen LogP) is 6.16. The van der Waals surface area contributed by atoms with Crippen molar-refractivity contribution in [2.75, 3.05) is 0 Å². The van der Waals surface area contributed by atoms with Gasteiger partial charge in [-0.15, -0.1) is 0 Å². The number of hydrogen-bond donors (Lipinski definition) is 0. The molecule has 3 aromatic carbocycles. The molecular formula is C21H16Cl2N2O. The van der Waals surface area contributed by atoms with Crippen molar-refractivity contribution in [3.05, 3.63) is 95.0 Å². The Labute approximate surface area is 161 Å². The molecule has 0 saturated carbocycles. The van der Waals surface area contributed by atoms with E-state index in [4.69, 9.17) is 27.9 Å². The fraction of sp³-hybridized carbons (Fsp3) is 0.0952. The predicted molar refractivity (Wildman–Crippen MR) is 106 cm³/mol. The Balaban J connectivity index is 1.77. The standard InChI is InChI=1S/C21H16Cl2N2O/c22-16-8-9-20(19(23)12-16)26-21(13-25-11-10-24-14-25)18-7-3-5-15-4-1-2-6-17(15)18/h1-12,14,21H,13H2. The minimum Gasteiger partial charge on any atom is -0.482 e. The van der Waals surface area contributed by atoms with E-state index in [1.165, 1.54) is 5.39 Å². The lowest BCUT2D eigenvalue weighted by atomic mass is 10.00. The normalized spacial score (nSPS) is 12.2. The van der Waals surface area contributed by atoms with Crippen LogP contribution < -0.4 is 4.74 Å². The molecule has 0 saturated heterocycles. The van der Waals surface area contributed by atoms with Crippen molar-refractivity contribution < 1.29 is 4.74 Å². The number of ether oxygens (including phenoxy) is 1. The Bertz CT molecular complexity index is 1030. The van der Waals surface area contributed by atoms with Gasteiger partial charge >= 0.3 is 0 Å². The summed E-state index contributed by atoms with van der Waals surface area (Å²) in [6.45, 7) is 0.618. The maximum absolute atomic E-state index is 6.33. The first-order valence-corrected chi connectivity index (χ1v) is 9.01. The van der Waals surface area contributed by atoms with Crippen molar-refractivity contribution in [3.63, 3.8) is 0 Å². The number of aromatic nitrogens is 2. The van der Waals surface area contributed by atoms with E-state index >= 15 is 0 Å². The molecule has 0 bridgehead atoms. The monoisotopic (exact) mass is 382 g/mol. The highest BCUT2D eigenvalue weighted by Crippen LogP contribution is 2.34. The second-order valence-electron chi connectivity index (χ2n) is 6.01. The Morgan fingerprint density at radius 1 is 1.00 bits per heavy atom. The van der Waals surface area contributed by atoms with E-state index in [1.807, 2.05) is 29.0 Å². The average molecular weight is 383 g/mol. The average Bonchev–Trinajstić information content (AvgIpc) is 3.16. The number of hydrogen-bond acceptors (Lipinski definition) is 2. The zero-order valence-corrected chi connectivity index (χ0v) is 15.4. The van der Waals surface area contributed by atoms with Gasteiger partial charge in [-0.2, -0.15) is 0 Å². The molecule has 4 rings (SSSR count). The summed E-state index contributed by atoms with van der Waals surface area (Å²) in [5, 5.41) is 3.41. The molecule has 26 heavy (non-hydrogen) atoms. The second-order valence-corrected chi connectivity index (χ2v) is 6.85. The Morgan fingerprint density at radius 2 is 1.85 bits per heavy atom. The molecule has 0 aliphatic rings. The van der Waals surface area contributed by atoms with Gasteiger partial charge in [0.05, 0.1) is 17.9 Å². The molecule has 1 unspecified atom stereocenters. The topological polar surface area (TPSA) is 27.1 Å². The minimum atomic E-state index is -0.228. The van der Waals surface area contributed by atoms with Crippen molar-refractivity contribution in [1.82, 2.24) is 9.55 Å². The van der Waals surface area contributed by atoms with E-state index in [9.17, 15) is 0 Å². The van der Waals surface area contributed by atoms with E-state index < -0.39 is 0 Å². The number of imidazole rings is 1. The van der Waals surface area contributed by atoms with Gasteiger partial charge in [0.15, 0.2) is 0 Å². The van der Waals surface area contributed by atoms with Crippen molar-refractivity contribution in [2.24, 2.45) is 0 Å². The molecule has 4 aromatic rings. The SMILES string of the molecule is Clc1ccc(OC(Cn2ccnc2)c2cccc3ccccc23)c(Cl)c1. The molecule has 130 valence electrons. The minimum absolute atomic E-state index is 0.228. The number of benzene rings is 3. The molecule has 0 N–H and O–H groups in total. The van der Waals surface area contributed by atoms with Crippen LogP contribution in [0.25, 0.3) is 10.8 Å². The van der Waals surface area contributed by atoms with Gasteiger partial charge in [-0.3, -0.25) is 0 Å². The lowest BCUT2D eigenvalue weighted by Crippen LogP contribution is -2.15. The number of fused-ring (bicyclic) bond motifs is 1. The summed E-state index contributed by atoms with van der Waals surface area (Å²) >= 11 is 12.3. The van der Waals surface area contributed by atoms with E-state index in [2.05, 4.69) is 29.2 Å². The summed E-state index contributed by atoms with van der Waals surface area (Å²) in [7, 11) is 0. The molecule has 0 radical (unpaired) electrons. The third kappa shape index (κ3) is 3.55. The number of rotatable bonds is 5. The molecule has 1 atom stereocenters. The van der Waals surface area contributed by atoms with Gasteiger partial charge in [-0.25, -0.2) is 4.98 Å². The quantitative estimate of drug-likeness (QED) is 0.413. The summed E-state index contributed by atoms with van der Waals surface area (Å²) in [6, 6.07) is 19.8. The summed E-state index contributed by atoms with van der Waals surface area (Å²) in [5.41, 5.74) is 1.10. The van der Waals surface area contributed by atoms with Crippen LogP contribution in [0, 0.1) is 0 Å². The second kappa shape index (κ2) is 7.40. The first-order valence-electron chi connectivity index (χ1n) is 8.26. The maximum atomic E-state index is 6.33. The van der Waals surface area contributed by atoms with E-state index in [1.54, 1.807) is 30.7 Å². The van der Waals surface area contributed by atoms with Crippen LogP contribution in [0.1, 0.15) is 11.7 Å². The highest BCUT2D eigenvalue weighted by molar-refractivity contribution is 6.35. The van der Waals surface area contributed by atoms with Gasteiger partial charge < -0.3 is 9.30 Å². The fourth-order valence-corrected chi connectivity index (χ4v) is 3.49. The first-order chi connectivity index (χ1) is 12.7. The molecule has 1 heterocycles. The molecule has 0 spiro atoms. The smallest absolute Gasteiger partial charge is 0.142 e. The van der Waals surface area contributed by atoms with E-state index in [0.717, 1.165) is 10.9 Å². The Morgan fingerprint density at radius 3 is 2.65 bits per heavy atom. The molecule has 0 aliphatic heterocycles. The van der Waals surface area contributed by atoms with Gasteiger partial charge in [0.25, 0.3) is 0 Å². The fourth-order valence-electron chi connectivity index (χ4n) is 3.04. The van der Waals surface area contributed by atoms with Crippen LogP contribution >= 0.6 is 23.2 Å². The number of halogens is 2. The van der Waals surface area contributed by atoms with Crippen molar-refractivity contribution in [2.45, 2.75) is 12.6 Å². The van der Waals surface area contributed by atoms with Gasteiger partial charge in [-0.1, -0.05) is 65.7 Å². The maximum Gasteiger partial charge on any atom is 0.142 e. The highest BCUT2D eigenvalue weighted by atomic mass is 35.5. The van der Waals surface area contributed by atoms with E-state index in [-0.39, 0.29) is 6.10 Å². The van der Waals surface area contributed by atoms with E-state index in [0.29, 0.717) is 22.3 Å². The molecule has 3 nitrogen and oxygen atoms in total. The molecular weight excluding hydrogens is 367 g/mol. The summed E-state index contributed by atoms with van der Waals surface area (Å²) in [5.74, 6) is 0.606. The highest BCUT2D eigenvalue weighted by Gasteiger charge is 2.18. The summed E-state index contributed by atoms with van der Waals surface area (Å²) in [6.07, 6.45) is 5.24. The summed E-state index contributed by atoms with van der Waals surface area (Å²) in [4.78, 5) is 4.13. The van der Waals surface area contributed by atoms with Crippen molar-refractivity contribution >= 4 is 34.0 Å². The molecule has 0 fully saturated rings. The zero-order chi connectivity index (χ0) is 17.9. The van der Waals surface area contributed by atoms with Crippen LogP contribution in [0.5, 0.6) is 5.75 Å². The lowest BCUT2D eigenvalue weighted by molar-refractivity contribution is 0.185. The van der Waals surface area contributed by atoms with Gasteiger partial charge in [0, 0.05) is 23.0 Å². The van der Waals surface area contributed by atoms with Crippen molar-refractivity contribution in [1.29, 1.82) is 0 Å². The molecule has 5 heteroatoms. The van der Waals surface area contributed by atoms with Gasteiger partial charge in [0.2, 0.25) is 0 Å². The third-order valence-electron chi connectivity index (χ3n) is 4.27. The largest absolute Gasteiger partial charge is 0.482 e. The van der Waals surface area contributed by atoms with Crippen LogP contribution in [0.3, 0.4) is 0 Å². The van der Waals surface area contributed by atoms with Crippen LogP contribution in [0.15, 0.2) is 79.4 Å². The molecule has 1 aromatic heterocycles. The van der Waals surface area contributed by atoms with Crippen LogP contribution in [0.4, 0.5) is 0 Å². The van der Waals surface area contributed by atoms with Crippen LogP contribution in [-0.4, -0.2) is 9.55 Å². The Kier molecular flexibility index (Phi) is 4.83. The summed E-state index contributed by atoms with van der Waals surface area (Å²) < 4.78 is 8.32. The molecule has 0 amide bonds. The first kappa shape index (κ1) is 17.0. The zero-order valence-electron chi connectivity index (χ0n) is 13.8. The number of nitrogens with zero attached hydrogens (tertiary/aromatic N) is 2. The van der Waals surface area contributed by atoms with Crippen LogP contribution in [0.2, 0.25) is 10.0 Å². The third-order valence-corrected chi connectivity index (χ3v) is 4.80. The van der Waals surface area contributed by atoms with Gasteiger partial charge in [-0.05, 0) is 29.0 Å². The lowest BCUT2D eigenvalue weighted by Gasteiger charge is -2.22.